The van der Waals surface area contributed by atoms with Crippen LogP contribution in [0, 0.1) is 0 Å². The molecule has 0 atom stereocenters. The minimum Gasteiger partial charge on any atom is -0.467 e. The van der Waals surface area contributed by atoms with Crippen molar-refractivity contribution in [3.05, 3.63) is 53.2 Å². The molecule has 20 heavy (non-hydrogen) atoms. The fourth-order valence-electron chi connectivity index (χ4n) is 2.32. The number of benzene rings is 1. The van der Waals surface area contributed by atoms with Gasteiger partial charge in [0.2, 0.25) is 0 Å². The van der Waals surface area contributed by atoms with E-state index in [1.165, 1.54) is 0 Å². The maximum absolute atomic E-state index is 9.02. The summed E-state index contributed by atoms with van der Waals surface area (Å²) in [5.41, 5.74) is 1.90. The molecule has 0 bridgehead atoms. The van der Waals surface area contributed by atoms with E-state index in [0.29, 0.717) is 18.0 Å². The first kappa shape index (κ1) is 13.2. The summed E-state index contributed by atoms with van der Waals surface area (Å²) in [5, 5.41) is 9.69. The number of aromatic nitrogens is 2. The van der Waals surface area contributed by atoms with Gasteiger partial charge in [0.25, 0.3) is 0 Å². The molecule has 0 saturated carbocycles. The summed E-state index contributed by atoms with van der Waals surface area (Å²) in [6.45, 7) is 0.788. The fourth-order valence-corrected chi connectivity index (χ4v) is 2.48. The molecule has 1 aromatic carbocycles. The Kier molecular flexibility index (Phi) is 3.76. The lowest BCUT2D eigenvalue weighted by molar-refractivity contribution is 0.287. The van der Waals surface area contributed by atoms with Crippen LogP contribution in [0.4, 0.5) is 0 Å². The molecule has 0 aliphatic rings. The van der Waals surface area contributed by atoms with Crippen molar-refractivity contribution in [1.29, 1.82) is 0 Å². The third-order valence-electron chi connectivity index (χ3n) is 3.24. The Morgan fingerprint density at radius 3 is 2.95 bits per heavy atom. The number of aliphatic hydroxyl groups is 1. The second-order valence-corrected chi connectivity index (χ2v) is 5.09. The monoisotopic (exact) mass is 290 g/mol. The SMILES string of the molecule is OCCCc1nc2cc(Cl)ccc2n1Cc1ccco1. The van der Waals surface area contributed by atoms with E-state index in [0.717, 1.165) is 29.0 Å². The van der Waals surface area contributed by atoms with Gasteiger partial charge in [-0.1, -0.05) is 11.6 Å². The highest BCUT2D eigenvalue weighted by Gasteiger charge is 2.12. The number of imidazole rings is 1. The Labute approximate surface area is 121 Å². The largest absolute Gasteiger partial charge is 0.467 e. The van der Waals surface area contributed by atoms with Crippen LogP contribution in [-0.4, -0.2) is 21.3 Å². The van der Waals surface area contributed by atoms with E-state index in [1.807, 2.05) is 30.3 Å². The van der Waals surface area contributed by atoms with E-state index in [9.17, 15) is 0 Å². The average molecular weight is 291 g/mol. The second kappa shape index (κ2) is 5.69. The maximum atomic E-state index is 9.02. The number of halogens is 1. The summed E-state index contributed by atoms with van der Waals surface area (Å²) in [6, 6.07) is 9.50. The van der Waals surface area contributed by atoms with Crippen molar-refractivity contribution in [2.24, 2.45) is 0 Å². The van der Waals surface area contributed by atoms with Crippen molar-refractivity contribution in [1.82, 2.24) is 9.55 Å². The average Bonchev–Trinajstić information content (AvgIpc) is 3.05. The molecule has 0 spiro atoms. The fraction of sp³-hybridized carbons (Fsp3) is 0.267. The van der Waals surface area contributed by atoms with Crippen LogP contribution in [0.5, 0.6) is 0 Å². The molecule has 0 amide bonds. The molecule has 2 heterocycles. The molecular formula is C15H15ClN2O2. The van der Waals surface area contributed by atoms with Gasteiger partial charge in [0.1, 0.15) is 11.6 Å². The number of aliphatic hydroxyl groups excluding tert-OH is 1. The first-order valence-corrected chi connectivity index (χ1v) is 6.93. The van der Waals surface area contributed by atoms with Crippen LogP contribution in [0.25, 0.3) is 11.0 Å². The van der Waals surface area contributed by atoms with Crippen molar-refractivity contribution in [3.63, 3.8) is 0 Å². The third-order valence-corrected chi connectivity index (χ3v) is 3.48. The molecule has 3 rings (SSSR count). The van der Waals surface area contributed by atoms with Crippen LogP contribution >= 0.6 is 11.6 Å². The summed E-state index contributed by atoms with van der Waals surface area (Å²) >= 11 is 6.02. The molecule has 0 aliphatic carbocycles. The molecule has 0 aliphatic heterocycles. The van der Waals surface area contributed by atoms with E-state index in [-0.39, 0.29) is 6.61 Å². The van der Waals surface area contributed by atoms with E-state index in [1.54, 1.807) is 6.26 Å². The third kappa shape index (κ3) is 2.57. The standard InChI is InChI=1S/C15H15ClN2O2/c16-11-5-6-14-13(9-11)17-15(4-1-7-19)18(14)10-12-3-2-8-20-12/h2-3,5-6,8-9,19H,1,4,7,10H2. The predicted octanol–water partition coefficient (Wildman–Crippen LogP) is 3.26. The van der Waals surface area contributed by atoms with Gasteiger partial charge >= 0.3 is 0 Å². The molecule has 0 fully saturated rings. The minimum absolute atomic E-state index is 0.157. The molecule has 2 aromatic heterocycles. The Morgan fingerprint density at radius 2 is 2.20 bits per heavy atom. The zero-order valence-electron chi connectivity index (χ0n) is 10.9. The lowest BCUT2D eigenvalue weighted by Gasteiger charge is -2.07. The van der Waals surface area contributed by atoms with E-state index in [4.69, 9.17) is 21.1 Å². The van der Waals surface area contributed by atoms with Crippen molar-refractivity contribution in [2.45, 2.75) is 19.4 Å². The van der Waals surface area contributed by atoms with Gasteiger partial charge < -0.3 is 14.1 Å². The van der Waals surface area contributed by atoms with Crippen LogP contribution in [0.2, 0.25) is 5.02 Å². The molecule has 4 nitrogen and oxygen atoms in total. The van der Waals surface area contributed by atoms with Crippen molar-refractivity contribution in [3.8, 4) is 0 Å². The molecule has 104 valence electrons. The number of aryl methyl sites for hydroxylation is 1. The minimum atomic E-state index is 0.157. The maximum Gasteiger partial charge on any atom is 0.123 e. The van der Waals surface area contributed by atoms with Crippen molar-refractivity contribution < 1.29 is 9.52 Å². The zero-order chi connectivity index (χ0) is 13.9. The van der Waals surface area contributed by atoms with Gasteiger partial charge in [0, 0.05) is 18.1 Å². The summed E-state index contributed by atoms with van der Waals surface area (Å²) in [7, 11) is 0. The summed E-state index contributed by atoms with van der Waals surface area (Å²) < 4.78 is 7.53. The molecule has 1 N–H and O–H groups in total. The normalized spacial score (nSPS) is 11.3. The Bertz CT molecular complexity index is 704. The van der Waals surface area contributed by atoms with Crippen molar-refractivity contribution >= 4 is 22.6 Å². The Balaban J connectivity index is 2.05. The topological polar surface area (TPSA) is 51.2 Å². The van der Waals surface area contributed by atoms with E-state index >= 15 is 0 Å². The summed E-state index contributed by atoms with van der Waals surface area (Å²) in [4.78, 5) is 4.62. The summed E-state index contributed by atoms with van der Waals surface area (Å²) in [5.74, 6) is 1.82. The molecular weight excluding hydrogens is 276 g/mol. The number of rotatable bonds is 5. The van der Waals surface area contributed by atoms with Gasteiger partial charge in [-0.15, -0.1) is 0 Å². The lowest BCUT2D eigenvalue weighted by atomic mass is 10.3. The predicted molar refractivity (Wildman–Crippen MR) is 78.0 cm³/mol. The van der Waals surface area contributed by atoms with Gasteiger partial charge in [-0.25, -0.2) is 4.98 Å². The first-order chi connectivity index (χ1) is 9.78. The number of furan rings is 1. The highest BCUT2D eigenvalue weighted by molar-refractivity contribution is 6.31. The van der Waals surface area contributed by atoms with Gasteiger partial charge in [0.15, 0.2) is 0 Å². The quantitative estimate of drug-likeness (QED) is 0.785. The van der Waals surface area contributed by atoms with E-state index < -0.39 is 0 Å². The van der Waals surface area contributed by atoms with Crippen LogP contribution < -0.4 is 0 Å². The Morgan fingerprint density at radius 1 is 1.30 bits per heavy atom. The van der Waals surface area contributed by atoms with E-state index in [2.05, 4.69) is 9.55 Å². The molecule has 0 unspecified atom stereocenters. The molecule has 0 radical (unpaired) electrons. The van der Waals surface area contributed by atoms with Crippen LogP contribution in [0.3, 0.4) is 0 Å². The van der Waals surface area contributed by atoms with Crippen LogP contribution in [0.15, 0.2) is 41.0 Å². The number of nitrogens with zero attached hydrogens (tertiary/aromatic N) is 2. The zero-order valence-corrected chi connectivity index (χ0v) is 11.7. The van der Waals surface area contributed by atoms with Gasteiger partial charge in [0.05, 0.1) is 23.8 Å². The Hall–Kier alpha value is -1.78. The second-order valence-electron chi connectivity index (χ2n) is 4.65. The van der Waals surface area contributed by atoms with Crippen LogP contribution in [0.1, 0.15) is 18.0 Å². The van der Waals surface area contributed by atoms with Gasteiger partial charge in [-0.3, -0.25) is 0 Å². The molecule has 0 saturated heterocycles. The highest BCUT2D eigenvalue weighted by atomic mass is 35.5. The van der Waals surface area contributed by atoms with Crippen LogP contribution in [-0.2, 0) is 13.0 Å². The molecule has 5 heteroatoms. The number of fused-ring (bicyclic) bond motifs is 1. The number of hydrogen-bond donors (Lipinski definition) is 1. The lowest BCUT2D eigenvalue weighted by Crippen LogP contribution is -2.05. The van der Waals surface area contributed by atoms with Gasteiger partial charge in [-0.05, 0) is 36.8 Å². The number of hydrogen-bond acceptors (Lipinski definition) is 3. The summed E-state index contributed by atoms with van der Waals surface area (Å²) in [6.07, 6.45) is 3.08. The van der Waals surface area contributed by atoms with Crippen molar-refractivity contribution in [2.75, 3.05) is 6.61 Å². The molecule has 3 aromatic rings. The smallest absolute Gasteiger partial charge is 0.123 e. The first-order valence-electron chi connectivity index (χ1n) is 6.56. The highest BCUT2D eigenvalue weighted by Crippen LogP contribution is 2.22. The van der Waals surface area contributed by atoms with Gasteiger partial charge in [-0.2, -0.15) is 0 Å².